The van der Waals surface area contributed by atoms with Gasteiger partial charge in [0.05, 0.1) is 0 Å². The van der Waals surface area contributed by atoms with E-state index in [1.807, 2.05) is 12.3 Å². The summed E-state index contributed by atoms with van der Waals surface area (Å²) >= 11 is 0. The average Bonchev–Trinajstić information content (AvgIpc) is 2.46. The van der Waals surface area contributed by atoms with E-state index in [2.05, 4.69) is 58.3 Å². The lowest BCUT2D eigenvalue weighted by atomic mass is 10.00. The van der Waals surface area contributed by atoms with Gasteiger partial charge in [0.1, 0.15) is 5.82 Å². The molecule has 0 saturated heterocycles. The zero-order valence-corrected chi connectivity index (χ0v) is 12.0. The van der Waals surface area contributed by atoms with Crippen molar-refractivity contribution in [2.45, 2.75) is 32.9 Å². The quantitative estimate of drug-likeness (QED) is 0.929. The maximum absolute atomic E-state index is 4.61. The highest BCUT2D eigenvalue weighted by atomic mass is 15.2. The number of hydrogen-bond donors (Lipinski definition) is 1. The van der Waals surface area contributed by atoms with Gasteiger partial charge < -0.3 is 10.2 Å². The van der Waals surface area contributed by atoms with E-state index in [0.29, 0.717) is 12.0 Å². The molecule has 2 heterocycles. The number of benzene rings is 1. The third-order valence-corrected chi connectivity index (χ3v) is 3.51. The first kappa shape index (κ1) is 12.9. The number of aromatic nitrogens is 2. The van der Waals surface area contributed by atoms with Gasteiger partial charge >= 0.3 is 0 Å². The number of hydrogen-bond acceptors (Lipinski definition) is 4. The Balaban J connectivity index is 1.81. The van der Waals surface area contributed by atoms with Gasteiger partial charge in [-0.15, -0.1) is 0 Å². The van der Waals surface area contributed by atoms with Crippen molar-refractivity contribution in [3.05, 3.63) is 47.7 Å². The summed E-state index contributed by atoms with van der Waals surface area (Å²) in [7, 11) is 0. The Kier molecular flexibility index (Phi) is 3.54. The van der Waals surface area contributed by atoms with Gasteiger partial charge in [-0.25, -0.2) is 4.98 Å². The molecular formula is C16H20N4. The molecule has 1 N–H and O–H groups in total. The van der Waals surface area contributed by atoms with Crippen molar-refractivity contribution in [1.29, 1.82) is 0 Å². The lowest BCUT2D eigenvalue weighted by molar-refractivity contribution is 0.718. The Morgan fingerprint density at radius 3 is 2.75 bits per heavy atom. The van der Waals surface area contributed by atoms with Gasteiger partial charge in [-0.05, 0) is 37.5 Å². The molecule has 0 atom stereocenters. The molecule has 1 aromatic heterocycles. The fraction of sp³-hybridized carbons (Fsp3) is 0.375. The number of nitrogens with one attached hydrogen (secondary N) is 1. The minimum absolute atomic E-state index is 0.340. The van der Waals surface area contributed by atoms with Crippen LogP contribution in [0.1, 0.15) is 25.0 Å². The first-order valence-corrected chi connectivity index (χ1v) is 7.13. The van der Waals surface area contributed by atoms with Gasteiger partial charge in [-0.2, -0.15) is 4.98 Å². The first-order chi connectivity index (χ1) is 9.72. The van der Waals surface area contributed by atoms with E-state index in [4.69, 9.17) is 0 Å². The second-order valence-electron chi connectivity index (χ2n) is 5.48. The number of anilines is 2. The largest absolute Gasteiger partial charge is 0.352 e. The first-order valence-electron chi connectivity index (χ1n) is 7.13. The second-order valence-corrected chi connectivity index (χ2v) is 5.48. The zero-order valence-electron chi connectivity index (χ0n) is 12.0. The summed E-state index contributed by atoms with van der Waals surface area (Å²) in [5, 5.41) is 3.25. The fourth-order valence-corrected chi connectivity index (χ4v) is 2.54. The molecule has 1 aliphatic rings. The van der Waals surface area contributed by atoms with E-state index < -0.39 is 0 Å². The highest BCUT2D eigenvalue weighted by molar-refractivity contribution is 5.46. The van der Waals surface area contributed by atoms with Crippen LogP contribution in [0.2, 0.25) is 0 Å². The molecule has 0 bridgehead atoms. The third-order valence-electron chi connectivity index (χ3n) is 3.51. The molecule has 0 fully saturated rings. The van der Waals surface area contributed by atoms with Crippen molar-refractivity contribution in [2.75, 3.05) is 16.8 Å². The minimum Gasteiger partial charge on any atom is -0.352 e. The van der Waals surface area contributed by atoms with Gasteiger partial charge in [-0.1, -0.05) is 24.3 Å². The minimum atomic E-state index is 0.340. The molecule has 0 spiro atoms. The molecule has 4 heteroatoms. The molecule has 0 radical (unpaired) electrons. The molecule has 0 aliphatic carbocycles. The zero-order chi connectivity index (χ0) is 13.9. The molecule has 104 valence electrons. The maximum atomic E-state index is 4.61. The van der Waals surface area contributed by atoms with Crippen molar-refractivity contribution in [2.24, 2.45) is 0 Å². The van der Waals surface area contributed by atoms with Crippen molar-refractivity contribution >= 4 is 11.8 Å². The molecule has 20 heavy (non-hydrogen) atoms. The predicted molar refractivity (Wildman–Crippen MR) is 82.0 cm³/mol. The predicted octanol–water partition coefficient (Wildman–Crippen LogP) is 2.86. The smallest absolute Gasteiger partial charge is 0.224 e. The number of rotatable bonds is 3. The van der Waals surface area contributed by atoms with Crippen LogP contribution in [0.25, 0.3) is 0 Å². The summed E-state index contributed by atoms with van der Waals surface area (Å²) in [6.07, 6.45) is 2.90. The number of fused-ring (bicyclic) bond motifs is 1. The summed E-state index contributed by atoms with van der Waals surface area (Å²) in [4.78, 5) is 11.2. The Bertz CT molecular complexity index is 595. The lowest BCUT2D eigenvalue weighted by Gasteiger charge is -2.29. The number of nitrogens with zero attached hydrogens (tertiary/aromatic N) is 3. The maximum Gasteiger partial charge on any atom is 0.224 e. The van der Waals surface area contributed by atoms with Gasteiger partial charge in [0.2, 0.25) is 5.95 Å². The van der Waals surface area contributed by atoms with Crippen LogP contribution < -0.4 is 10.2 Å². The summed E-state index contributed by atoms with van der Waals surface area (Å²) in [6.45, 7) is 6.11. The van der Waals surface area contributed by atoms with Crippen LogP contribution >= 0.6 is 0 Å². The van der Waals surface area contributed by atoms with Crippen LogP contribution in [0.15, 0.2) is 36.5 Å². The van der Waals surface area contributed by atoms with E-state index in [1.165, 1.54) is 11.1 Å². The standard InChI is InChI=1S/C16H20N4/c1-12(2)18-16-17-9-7-15(19-16)20-10-8-13-5-3-4-6-14(13)11-20/h3-7,9,12H,8,10-11H2,1-2H3,(H,17,18,19). The second kappa shape index (κ2) is 5.49. The SMILES string of the molecule is CC(C)Nc1nccc(N2CCc3ccccc3C2)n1. The van der Waals surface area contributed by atoms with Gasteiger partial charge in [-0.3, -0.25) is 0 Å². The van der Waals surface area contributed by atoms with Crippen molar-refractivity contribution in [3.8, 4) is 0 Å². The van der Waals surface area contributed by atoms with Crippen LogP contribution in [0.3, 0.4) is 0 Å². The van der Waals surface area contributed by atoms with E-state index in [-0.39, 0.29) is 0 Å². The van der Waals surface area contributed by atoms with Crippen LogP contribution in [0.5, 0.6) is 0 Å². The Morgan fingerprint density at radius 2 is 1.95 bits per heavy atom. The van der Waals surface area contributed by atoms with Crippen molar-refractivity contribution in [3.63, 3.8) is 0 Å². The third kappa shape index (κ3) is 2.74. The van der Waals surface area contributed by atoms with Gasteiger partial charge in [0.25, 0.3) is 0 Å². The molecule has 0 saturated carbocycles. The molecular weight excluding hydrogens is 248 g/mol. The normalized spacial score (nSPS) is 14.2. The van der Waals surface area contributed by atoms with Crippen LogP contribution in [-0.2, 0) is 13.0 Å². The lowest BCUT2D eigenvalue weighted by Crippen LogP contribution is -2.31. The Labute approximate surface area is 119 Å². The Morgan fingerprint density at radius 1 is 1.15 bits per heavy atom. The monoisotopic (exact) mass is 268 g/mol. The van der Waals surface area contributed by atoms with E-state index in [9.17, 15) is 0 Å². The van der Waals surface area contributed by atoms with Crippen LogP contribution in [-0.4, -0.2) is 22.6 Å². The molecule has 1 aromatic carbocycles. The Hall–Kier alpha value is -2.10. The summed E-state index contributed by atoms with van der Waals surface area (Å²) in [5.41, 5.74) is 2.86. The van der Waals surface area contributed by atoms with Crippen molar-refractivity contribution in [1.82, 2.24) is 9.97 Å². The van der Waals surface area contributed by atoms with Gasteiger partial charge in [0, 0.05) is 25.3 Å². The molecule has 4 nitrogen and oxygen atoms in total. The van der Waals surface area contributed by atoms with E-state index in [1.54, 1.807) is 0 Å². The summed E-state index contributed by atoms with van der Waals surface area (Å²) in [5.74, 6) is 1.70. The molecule has 0 amide bonds. The van der Waals surface area contributed by atoms with Crippen LogP contribution in [0, 0.1) is 0 Å². The average molecular weight is 268 g/mol. The van der Waals surface area contributed by atoms with Crippen LogP contribution in [0.4, 0.5) is 11.8 Å². The van der Waals surface area contributed by atoms with Gasteiger partial charge in [0.15, 0.2) is 0 Å². The summed E-state index contributed by atoms with van der Waals surface area (Å²) < 4.78 is 0. The topological polar surface area (TPSA) is 41.1 Å². The molecule has 2 aromatic rings. The molecule has 3 rings (SSSR count). The molecule has 0 unspecified atom stereocenters. The van der Waals surface area contributed by atoms with Crippen molar-refractivity contribution < 1.29 is 0 Å². The highest BCUT2D eigenvalue weighted by Crippen LogP contribution is 2.23. The fourth-order valence-electron chi connectivity index (χ4n) is 2.54. The highest BCUT2D eigenvalue weighted by Gasteiger charge is 2.17. The molecule has 1 aliphatic heterocycles. The van der Waals surface area contributed by atoms with E-state index >= 15 is 0 Å². The van der Waals surface area contributed by atoms with E-state index in [0.717, 1.165) is 25.3 Å². The summed E-state index contributed by atoms with van der Waals surface area (Å²) in [6, 6.07) is 11.0.